The standard InChI is InChI=1S/C15H17NO/c1-2-17-14-8-7-11-5-3-4-6-12(11)15(14)13-9-10-16-13/h3-8,13,16H,2,9-10H2,1H3/t13-/m1/s1. The van der Waals surface area contributed by atoms with Crippen molar-refractivity contribution in [2.45, 2.75) is 19.4 Å². The van der Waals surface area contributed by atoms with Crippen molar-refractivity contribution in [3.8, 4) is 5.75 Å². The second-order valence-electron chi connectivity index (χ2n) is 4.43. The first-order valence-corrected chi connectivity index (χ1v) is 6.28. The third-order valence-electron chi connectivity index (χ3n) is 3.40. The van der Waals surface area contributed by atoms with Gasteiger partial charge in [0.1, 0.15) is 5.75 Å². The number of ether oxygens (including phenoxy) is 1. The van der Waals surface area contributed by atoms with Gasteiger partial charge in [-0.25, -0.2) is 0 Å². The van der Waals surface area contributed by atoms with Gasteiger partial charge in [0.25, 0.3) is 0 Å². The molecule has 3 rings (SSSR count). The van der Waals surface area contributed by atoms with E-state index in [-0.39, 0.29) is 0 Å². The molecule has 1 aliphatic heterocycles. The van der Waals surface area contributed by atoms with E-state index in [4.69, 9.17) is 4.74 Å². The van der Waals surface area contributed by atoms with Crippen molar-refractivity contribution >= 4 is 10.8 Å². The molecule has 0 amide bonds. The van der Waals surface area contributed by atoms with Gasteiger partial charge in [0.05, 0.1) is 6.61 Å². The lowest BCUT2D eigenvalue weighted by atomic mass is 9.92. The molecule has 0 unspecified atom stereocenters. The van der Waals surface area contributed by atoms with Gasteiger partial charge in [-0.3, -0.25) is 0 Å². The van der Waals surface area contributed by atoms with Crippen LogP contribution in [0.15, 0.2) is 36.4 Å². The highest BCUT2D eigenvalue weighted by molar-refractivity contribution is 5.88. The molecule has 1 saturated heterocycles. The van der Waals surface area contributed by atoms with Crippen molar-refractivity contribution in [2.24, 2.45) is 0 Å². The van der Waals surface area contributed by atoms with Crippen LogP contribution >= 0.6 is 0 Å². The first kappa shape index (κ1) is 10.6. The third kappa shape index (κ3) is 1.79. The molecule has 0 saturated carbocycles. The smallest absolute Gasteiger partial charge is 0.124 e. The molecule has 88 valence electrons. The Hall–Kier alpha value is -1.54. The molecule has 0 aromatic heterocycles. The fourth-order valence-corrected chi connectivity index (χ4v) is 2.45. The maximum absolute atomic E-state index is 5.76. The van der Waals surface area contributed by atoms with Crippen LogP contribution in [0.5, 0.6) is 5.75 Å². The third-order valence-corrected chi connectivity index (χ3v) is 3.40. The van der Waals surface area contributed by atoms with E-state index in [1.165, 1.54) is 22.8 Å². The summed E-state index contributed by atoms with van der Waals surface area (Å²) in [6.45, 7) is 3.87. The Morgan fingerprint density at radius 1 is 1.24 bits per heavy atom. The monoisotopic (exact) mass is 227 g/mol. The predicted octanol–water partition coefficient (Wildman–Crippen LogP) is 3.27. The van der Waals surface area contributed by atoms with Crippen molar-refractivity contribution in [1.82, 2.24) is 5.32 Å². The molecule has 1 fully saturated rings. The fraction of sp³-hybridized carbons (Fsp3) is 0.333. The Bertz CT molecular complexity index is 531. The van der Waals surface area contributed by atoms with Gasteiger partial charge in [-0.15, -0.1) is 0 Å². The van der Waals surface area contributed by atoms with Gasteiger partial charge in [-0.2, -0.15) is 0 Å². The lowest BCUT2D eigenvalue weighted by Crippen LogP contribution is -2.35. The molecule has 2 aromatic rings. The summed E-state index contributed by atoms with van der Waals surface area (Å²) in [6.07, 6.45) is 1.20. The molecule has 0 bridgehead atoms. The highest BCUT2D eigenvalue weighted by Gasteiger charge is 2.24. The second-order valence-corrected chi connectivity index (χ2v) is 4.43. The van der Waals surface area contributed by atoms with Crippen molar-refractivity contribution in [2.75, 3.05) is 13.2 Å². The average molecular weight is 227 g/mol. The minimum absolute atomic E-state index is 0.461. The Labute approximate surface area is 102 Å². The summed E-state index contributed by atoms with van der Waals surface area (Å²) in [5.74, 6) is 1.03. The Kier molecular flexibility index (Phi) is 2.73. The van der Waals surface area contributed by atoms with Crippen LogP contribution in [0.2, 0.25) is 0 Å². The van der Waals surface area contributed by atoms with Crippen molar-refractivity contribution in [3.05, 3.63) is 42.0 Å². The number of hydrogen-bond donors (Lipinski definition) is 1. The zero-order valence-corrected chi connectivity index (χ0v) is 10.1. The Morgan fingerprint density at radius 2 is 2.06 bits per heavy atom. The quantitative estimate of drug-likeness (QED) is 0.869. The molecule has 2 heteroatoms. The largest absolute Gasteiger partial charge is 0.494 e. The van der Waals surface area contributed by atoms with Crippen molar-refractivity contribution in [1.29, 1.82) is 0 Å². The predicted molar refractivity (Wildman–Crippen MR) is 70.5 cm³/mol. The number of fused-ring (bicyclic) bond motifs is 1. The van der Waals surface area contributed by atoms with Gasteiger partial charge in [-0.05, 0) is 36.7 Å². The summed E-state index contributed by atoms with van der Waals surface area (Å²) in [4.78, 5) is 0. The van der Waals surface area contributed by atoms with E-state index in [2.05, 4.69) is 41.7 Å². The first-order valence-electron chi connectivity index (χ1n) is 6.28. The maximum atomic E-state index is 5.76. The summed E-state index contributed by atoms with van der Waals surface area (Å²) in [7, 11) is 0. The number of hydrogen-bond acceptors (Lipinski definition) is 2. The average Bonchev–Trinajstić information content (AvgIpc) is 2.30. The van der Waals surface area contributed by atoms with E-state index in [9.17, 15) is 0 Å². The Balaban J connectivity index is 2.19. The van der Waals surface area contributed by atoms with E-state index in [1.807, 2.05) is 6.92 Å². The summed E-state index contributed by atoms with van der Waals surface area (Å²) >= 11 is 0. The van der Waals surface area contributed by atoms with E-state index >= 15 is 0 Å². The van der Waals surface area contributed by atoms with Crippen LogP contribution in [0.25, 0.3) is 10.8 Å². The molecule has 0 aliphatic carbocycles. The van der Waals surface area contributed by atoms with Crippen molar-refractivity contribution in [3.63, 3.8) is 0 Å². The van der Waals surface area contributed by atoms with Gasteiger partial charge in [-0.1, -0.05) is 30.3 Å². The first-order chi connectivity index (χ1) is 8.40. The zero-order valence-electron chi connectivity index (χ0n) is 10.1. The summed E-state index contributed by atoms with van der Waals surface area (Å²) in [5, 5.41) is 6.08. The molecule has 2 aromatic carbocycles. The molecule has 0 radical (unpaired) electrons. The summed E-state index contributed by atoms with van der Waals surface area (Å²) in [5.41, 5.74) is 1.33. The van der Waals surface area contributed by atoms with Crippen LogP contribution in [0, 0.1) is 0 Å². The summed E-state index contributed by atoms with van der Waals surface area (Å²) in [6, 6.07) is 13.2. The number of nitrogens with one attached hydrogen (secondary N) is 1. The number of rotatable bonds is 3. The lowest BCUT2D eigenvalue weighted by molar-refractivity contribution is 0.317. The van der Waals surface area contributed by atoms with Crippen LogP contribution in [0.3, 0.4) is 0 Å². The van der Waals surface area contributed by atoms with Crippen LogP contribution < -0.4 is 10.1 Å². The highest BCUT2D eigenvalue weighted by Crippen LogP contribution is 2.37. The molecule has 2 nitrogen and oxygen atoms in total. The van der Waals surface area contributed by atoms with E-state index in [0.29, 0.717) is 6.04 Å². The van der Waals surface area contributed by atoms with Crippen LogP contribution in [-0.4, -0.2) is 13.2 Å². The molecular formula is C15H17NO. The lowest BCUT2D eigenvalue weighted by Gasteiger charge is -2.30. The van der Waals surface area contributed by atoms with Crippen LogP contribution in [0.1, 0.15) is 24.9 Å². The molecule has 1 heterocycles. The molecule has 1 aliphatic rings. The van der Waals surface area contributed by atoms with Crippen LogP contribution in [-0.2, 0) is 0 Å². The van der Waals surface area contributed by atoms with Crippen LogP contribution in [0.4, 0.5) is 0 Å². The minimum Gasteiger partial charge on any atom is -0.494 e. The SMILES string of the molecule is CCOc1ccc2ccccc2c1[C@H]1CCN1. The van der Waals surface area contributed by atoms with Gasteiger partial charge in [0.2, 0.25) is 0 Å². The molecule has 1 N–H and O–H groups in total. The summed E-state index contributed by atoms with van der Waals surface area (Å²) < 4.78 is 5.76. The fourth-order valence-electron chi connectivity index (χ4n) is 2.45. The molecule has 1 atom stereocenters. The van der Waals surface area contributed by atoms with Crippen molar-refractivity contribution < 1.29 is 4.74 Å². The van der Waals surface area contributed by atoms with Gasteiger partial charge < -0.3 is 10.1 Å². The molecular weight excluding hydrogens is 210 g/mol. The number of benzene rings is 2. The molecule has 0 spiro atoms. The van der Waals surface area contributed by atoms with Gasteiger partial charge in [0.15, 0.2) is 0 Å². The zero-order chi connectivity index (χ0) is 11.7. The molecule has 17 heavy (non-hydrogen) atoms. The topological polar surface area (TPSA) is 21.3 Å². The Morgan fingerprint density at radius 3 is 2.76 bits per heavy atom. The van der Waals surface area contributed by atoms with Gasteiger partial charge >= 0.3 is 0 Å². The van der Waals surface area contributed by atoms with E-state index < -0.39 is 0 Å². The highest BCUT2D eigenvalue weighted by atomic mass is 16.5. The second kappa shape index (κ2) is 4.38. The minimum atomic E-state index is 0.461. The van der Waals surface area contributed by atoms with E-state index in [1.54, 1.807) is 0 Å². The van der Waals surface area contributed by atoms with Gasteiger partial charge in [0, 0.05) is 11.6 Å². The normalized spacial score (nSPS) is 19.0. The van der Waals surface area contributed by atoms with E-state index in [0.717, 1.165) is 18.9 Å². The maximum Gasteiger partial charge on any atom is 0.124 e.